The first-order chi connectivity index (χ1) is 9.77. The first kappa shape index (κ1) is 17.7. The SMILES string of the molecule is CCc1ccc(S(=O)(=O)CCOCC(C)C)cc1C(=O)O. The zero-order chi connectivity index (χ0) is 16.0. The molecule has 0 heterocycles. The Labute approximate surface area is 125 Å². The second-order valence-corrected chi connectivity index (χ2v) is 7.37. The number of hydrogen-bond donors (Lipinski definition) is 1. The van der Waals surface area contributed by atoms with E-state index in [1.807, 2.05) is 20.8 Å². The molecule has 0 amide bonds. The van der Waals surface area contributed by atoms with E-state index >= 15 is 0 Å². The molecule has 118 valence electrons. The van der Waals surface area contributed by atoms with Crippen LogP contribution >= 0.6 is 0 Å². The molecule has 0 aliphatic carbocycles. The van der Waals surface area contributed by atoms with E-state index in [4.69, 9.17) is 9.84 Å². The van der Waals surface area contributed by atoms with E-state index in [1.165, 1.54) is 12.1 Å². The third-order valence-electron chi connectivity index (χ3n) is 3.00. The van der Waals surface area contributed by atoms with Gasteiger partial charge < -0.3 is 9.84 Å². The zero-order valence-corrected chi connectivity index (χ0v) is 13.4. The number of aryl methyl sites for hydroxylation is 1. The van der Waals surface area contributed by atoms with Crippen molar-refractivity contribution in [2.75, 3.05) is 19.0 Å². The lowest BCUT2D eigenvalue weighted by Crippen LogP contribution is -2.15. The Kier molecular flexibility index (Phi) is 6.36. The number of benzene rings is 1. The molecule has 1 N–H and O–H groups in total. The standard InChI is InChI=1S/C15H22O5S/c1-4-12-5-6-13(9-14(12)15(16)17)21(18,19)8-7-20-10-11(2)3/h5-6,9,11H,4,7-8,10H2,1-3H3,(H,16,17). The normalized spacial score (nSPS) is 11.8. The van der Waals surface area contributed by atoms with E-state index in [0.717, 1.165) is 0 Å². The Hall–Kier alpha value is -1.40. The van der Waals surface area contributed by atoms with Gasteiger partial charge in [0, 0.05) is 6.61 Å². The quantitative estimate of drug-likeness (QED) is 0.745. The second kappa shape index (κ2) is 7.56. The Bertz CT molecular complexity index is 590. The molecule has 0 atom stereocenters. The largest absolute Gasteiger partial charge is 0.478 e. The molecule has 5 nitrogen and oxygen atoms in total. The van der Waals surface area contributed by atoms with Crippen LogP contribution in [0.15, 0.2) is 23.1 Å². The van der Waals surface area contributed by atoms with Crippen molar-refractivity contribution in [1.29, 1.82) is 0 Å². The monoisotopic (exact) mass is 314 g/mol. The van der Waals surface area contributed by atoms with Crippen molar-refractivity contribution < 1.29 is 23.1 Å². The topological polar surface area (TPSA) is 80.7 Å². The molecule has 0 bridgehead atoms. The van der Waals surface area contributed by atoms with Gasteiger partial charge in [0.1, 0.15) is 0 Å². The maximum Gasteiger partial charge on any atom is 0.336 e. The van der Waals surface area contributed by atoms with Crippen molar-refractivity contribution >= 4 is 15.8 Å². The lowest BCUT2D eigenvalue weighted by Gasteiger charge is -2.10. The van der Waals surface area contributed by atoms with Crippen LogP contribution in [-0.2, 0) is 21.0 Å². The maximum atomic E-state index is 12.2. The number of carboxylic acids is 1. The van der Waals surface area contributed by atoms with Crippen molar-refractivity contribution in [1.82, 2.24) is 0 Å². The van der Waals surface area contributed by atoms with Crippen molar-refractivity contribution in [2.24, 2.45) is 5.92 Å². The zero-order valence-electron chi connectivity index (χ0n) is 12.6. The summed E-state index contributed by atoms with van der Waals surface area (Å²) < 4.78 is 29.6. The van der Waals surface area contributed by atoms with E-state index in [1.54, 1.807) is 6.07 Å². The fraction of sp³-hybridized carbons (Fsp3) is 0.533. The van der Waals surface area contributed by atoms with Gasteiger partial charge in [0.25, 0.3) is 0 Å². The minimum Gasteiger partial charge on any atom is -0.478 e. The molecule has 0 saturated carbocycles. The van der Waals surface area contributed by atoms with Crippen LogP contribution in [0.2, 0.25) is 0 Å². The van der Waals surface area contributed by atoms with Crippen LogP contribution in [-0.4, -0.2) is 38.5 Å². The Balaban J connectivity index is 2.88. The minimum absolute atomic E-state index is 0.0326. The molecule has 1 rings (SSSR count). The first-order valence-corrected chi connectivity index (χ1v) is 8.60. The van der Waals surface area contributed by atoms with Gasteiger partial charge in [-0.05, 0) is 30.0 Å². The summed E-state index contributed by atoms with van der Waals surface area (Å²) in [6, 6.07) is 4.26. The number of hydrogen-bond acceptors (Lipinski definition) is 4. The highest BCUT2D eigenvalue weighted by molar-refractivity contribution is 7.91. The van der Waals surface area contributed by atoms with E-state index in [2.05, 4.69) is 0 Å². The fourth-order valence-corrected chi connectivity index (χ4v) is 3.01. The van der Waals surface area contributed by atoms with Crippen LogP contribution in [0.5, 0.6) is 0 Å². The highest BCUT2D eigenvalue weighted by atomic mass is 32.2. The summed E-state index contributed by atoms with van der Waals surface area (Å²) in [5.41, 5.74) is 0.666. The Morgan fingerprint density at radius 2 is 2.00 bits per heavy atom. The molecule has 0 aromatic heterocycles. The molecule has 0 spiro atoms. The molecule has 6 heteroatoms. The number of ether oxygens (including phenoxy) is 1. The number of carboxylic acid groups (broad SMARTS) is 1. The molecule has 0 fully saturated rings. The van der Waals surface area contributed by atoms with Crippen molar-refractivity contribution in [3.05, 3.63) is 29.3 Å². The van der Waals surface area contributed by atoms with E-state index < -0.39 is 15.8 Å². The third-order valence-corrected chi connectivity index (χ3v) is 4.68. The first-order valence-electron chi connectivity index (χ1n) is 6.94. The second-order valence-electron chi connectivity index (χ2n) is 5.27. The average Bonchev–Trinajstić information content (AvgIpc) is 2.42. The molecular formula is C15H22O5S. The lowest BCUT2D eigenvalue weighted by molar-refractivity contribution is 0.0695. The van der Waals surface area contributed by atoms with Crippen molar-refractivity contribution in [2.45, 2.75) is 32.1 Å². The number of aromatic carboxylic acids is 1. The van der Waals surface area contributed by atoms with Crippen LogP contribution in [0.3, 0.4) is 0 Å². The highest BCUT2D eigenvalue weighted by Crippen LogP contribution is 2.18. The van der Waals surface area contributed by atoms with Crippen LogP contribution in [0.1, 0.15) is 36.7 Å². The molecule has 0 aliphatic rings. The summed E-state index contributed by atoms with van der Waals surface area (Å²) in [6.45, 7) is 6.41. The predicted octanol–water partition coefficient (Wildman–Crippen LogP) is 2.39. The smallest absolute Gasteiger partial charge is 0.336 e. The predicted molar refractivity (Wildman–Crippen MR) is 80.5 cm³/mol. The van der Waals surface area contributed by atoms with Crippen LogP contribution in [0.4, 0.5) is 0 Å². The Morgan fingerprint density at radius 3 is 2.52 bits per heavy atom. The summed E-state index contributed by atoms with van der Waals surface area (Å²) >= 11 is 0. The summed E-state index contributed by atoms with van der Waals surface area (Å²) in [6.07, 6.45) is 0.541. The van der Waals surface area contributed by atoms with Gasteiger partial charge in [0.05, 0.1) is 22.8 Å². The van der Waals surface area contributed by atoms with Gasteiger partial charge in [-0.25, -0.2) is 13.2 Å². The molecule has 1 aromatic carbocycles. The van der Waals surface area contributed by atoms with Gasteiger partial charge >= 0.3 is 5.97 Å². The fourth-order valence-electron chi connectivity index (χ4n) is 1.86. The number of rotatable bonds is 8. The number of carbonyl (C=O) groups is 1. The van der Waals surface area contributed by atoms with Gasteiger partial charge in [-0.2, -0.15) is 0 Å². The lowest BCUT2D eigenvalue weighted by atomic mass is 10.1. The van der Waals surface area contributed by atoms with Gasteiger partial charge in [-0.15, -0.1) is 0 Å². The molecular weight excluding hydrogens is 292 g/mol. The maximum absolute atomic E-state index is 12.2. The summed E-state index contributed by atoms with van der Waals surface area (Å²) in [5, 5.41) is 9.14. The molecule has 0 radical (unpaired) electrons. The van der Waals surface area contributed by atoms with Crippen LogP contribution < -0.4 is 0 Å². The Morgan fingerprint density at radius 1 is 1.33 bits per heavy atom. The van der Waals surface area contributed by atoms with E-state index in [0.29, 0.717) is 24.5 Å². The van der Waals surface area contributed by atoms with E-state index in [9.17, 15) is 13.2 Å². The van der Waals surface area contributed by atoms with Gasteiger partial charge in [0.2, 0.25) is 0 Å². The average molecular weight is 314 g/mol. The summed E-state index contributed by atoms with van der Waals surface area (Å²) in [4.78, 5) is 11.2. The van der Waals surface area contributed by atoms with Gasteiger partial charge in [-0.1, -0.05) is 26.8 Å². The van der Waals surface area contributed by atoms with Gasteiger partial charge in [-0.3, -0.25) is 0 Å². The third kappa shape index (κ3) is 5.13. The summed E-state index contributed by atoms with van der Waals surface area (Å²) in [7, 11) is -3.53. The van der Waals surface area contributed by atoms with Crippen LogP contribution in [0.25, 0.3) is 0 Å². The van der Waals surface area contributed by atoms with Crippen molar-refractivity contribution in [3.63, 3.8) is 0 Å². The van der Waals surface area contributed by atoms with Crippen LogP contribution in [0, 0.1) is 5.92 Å². The molecule has 0 saturated heterocycles. The summed E-state index contributed by atoms with van der Waals surface area (Å²) in [5.74, 6) is -0.917. The molecule has 0 aliphatic heterocycles. The van der Waals surface area contributed by atoms with E-state index in [-0.39, 0.29) is 22.8 Å². The minimum atomic E-state index is -3.53. The molecule has 1 aromatic rings. The van der Waals surface area contributed by atoms with Crippen molar-refractivity contribution in [3.8, 4) is 0 Å². The highest BCUT2D eigenvalue weighted by Gasteiger charge is 2.18. The number of sulfone groups is 1. The molecule has 21 heavy (non-hydrogen) atoms. The molecule has 0 unspecified atom stereocenters. The van der Waals surface area contributed by atoms with Gasteiger partial charge in [0.15, 0.2) is 9.84 Å².